The minimum absolute atomic E-state index is 0.215. The normalized spacial score (nSPS) is 10.6. The molecule has 2 aromatic heterocycles. The molecule has 0 atom stereocenters. The minimum Gasteiger partial charge on any atom is -0.362 e. The lowest BCUT2D eigenvalue weighted by atomic mass is 10.1. The molecule has 0 saturated carbocycles. The van der Waals surface area contributed by atoms with Crippen LogP contribution < -0.4 is 10.6 Å². The Labute approximate surface area is 122 Å². The van der Waals surface area contributed by atoms with Crippen molar-refractivity contribution in [1.82, 2.24) is 9.97 Å². The fraction of sp³-hybridized carbons (Fsp3) is 0.357. The maximum Gasteiger partial charge on any atom is 0.275 e. The van der Waals surface area contributed by atoms with E-state index in [2.05, 4.69) is 34.4 Å². The number of rotatable bonds is 5. The molecule has 5 nitrogen and oxygen atoms in total. The summed E-state index contributed by atoms with van der Waals surface area (Å²) >= 11 is 1.42. The lowest BCUT2D eigenvalue weighted by molar-refractivity contribution is 0.102. The summed E-state index contributed by atoms with van der Waals surface area (Å²) in [4.78, 5) is 20.5. The van der Waals surface area contributed by atoms with E-state index in [1.165, 1.54) is 11.3 Å². The van der Waals surface area contributed by atoms with E-state index >= 15 is 0 Å². The van der Waals surface area contributed by atoms with Crippen molar-refractivity contribution >= 4 is 28.1 Å². The summed E-state index contributed by atoms with van der Waals surface area (Å²) in [7, 11) is 0. The van der Waals surface area contributed by atoms with Crippen LogP contribution in [-0.2, 0) is 0 Å². The Balaban J connectivity index is 2.08. The Morgan fingerprint density at radius 2 is 2.20 bits per heavy atom. The predicted molar refractivity (Wildman–Crippen MR) is 82.6 cm³/mol. The van der Waals surface area contributed by atoms with E-state index in [4.69, 9.17) is 0 Å². The first-order chi connectivity index (χ1) is 9.60. The largest absolute Gasteiger partial charge is 0.362 e. The zero-order chi connectivity index (χ0) is 14.5. The van der Waals surface area contributed by atoms with Crippen molar-refractivity contribution in [2.24, 2.45) is 0 Å². The van der Waals surface area contributed by atoms with E-state index in [1.54, 1.807) is 11.6 Å². The first kappa shape index (κ1) is 14.5. The number of nitrogens with one attached hydrogen (secondary N) is 2. The average molecular weight is 290 g/mol. The molecule has 6 heteroatoms. The zero-order valence-electron chi connectivity index (χ0n) is 11.8. The molecule has 0 unspecified atom stereocenters. The summed E-state index contributed by atoms with van der Waals surface area (Å²) < 4.78 is 0. The first-order valence-electron chi connectivity index (χ1n) is 6.55. The summed E-state index contributed by atoms with van der Waals surface area (Å²) in [6.07, 6.45) is 3.45. The van der Waals surface area contributed by atoms with Gasteiger partial charge in [0.25, 0.3) is 5.91 Å². The Morgan fingerprint density at radius 3 is 2.90 bits per heavy atom. The van der Waals surface area contributed by atoms with Gasteiger partial charge in [0.05, 0.1) is 11.9 Å². The number of hydrogen-bond acceptors (Lipinski definition) is 5. The number of carbonyl (C=O) groups excluding carboxylic acids is 1. The molecule has 0 spiro atoms. The molecule has 2 rings (SSSR count). The Hall–Kier alpha value is -1.95. The van der Waals surface area contributed by atoms with Gasteiger partial charge in [-0.05, 0) is 24.5 Å². The van der Waals surface area contributed by atoms with E-state index in [-0.39, 0.29) is 5.91 Å². The number of hydrogen-bond donors (Lipinski definition) is 2. The lowest BCUT2D eigenvalue weighted by Crippen LogP contribution is -2.13. The van der Waals surface area contributed by atoms with Gasteiger partial charge in [0, 0.05) is 18.1 Å². The van der Waals surface area contributed by atoms with Crippen molar-refractivity contribution in [2.45, 2.75) is 26.7 Å². The van der Waals surface area contributed by atoms with Crippen LogP contribution in [0.4, 0.5) is 10.8 Å². The van der Waals surface area contributed by atoms with Gasteiger partial charge >= 0.3 is 0 Å². The second kappa shape index (κ2) is 6.47. The molecule has 0 aromatic carbocycles. The molecule has 0 radical (unpaired) electrons. The molecule has 1 amide bonds. The molecular formula is C14H18N4OS. The quantitative estimate of drug-likeness (QED) is 0.886. The van der Waals surface area contributed by atoms with Crippen LogP contribution in [0.1, 0.15) is 42.7 Å². The molecule has 0 aliphatic heterocycles. The third-order valence-corrected chi connectivity index (χ3v) is 3.55. The van der Waals surface area contributed by atoms with Crippen molar-refractivity contribution in [3.8, 4) is 0 Å². The van der Waals surface area contributed by atoms with Crippen LogP contribution in [0.15, 0.2) is 23.8 Å². The zero-order valence-corrected chi connectivity index (χ0v) is 12.6. The van der Waals surface area contributed by atoms with E-state index in [1.807, 2.05) is 19.2 Å². The average Bonchev–Trinajstić information content (AvgIpc) is 2.88. The SMILES string of the molecule is CCNc1nc(C(=O)Nc2cncc(C(C)C)c2)cs1. The van der Waals surface area contributed by atoms with E-state index in [0.717, 1.165) is 17.2 Å². The minimum atomic E-state index is -0.215. The molecule has 2 N–H and O–H groups in total. The molecule has 0 fully saturated rings. The Morgan fingerprint density at radius 1 is 1.40 bits per heavy atom. The molecule has 20 heavy (non-hydrogen) atoms. The second-order valence-electron chi connectivity index (χ2n) is 4.68. The number of aromatic nitrogens is 2. The van der Waals surface area contributed by atoms with Crippen LogP contribution in [0.2, 0.25) is 0 Å². The summed E-state index contributed by atoms with van der Waals surface area (Å²) in [6, 6.07) is 1.94. The van der Waals surface area contributed by atoms with Crippen molar-refractivity contribution in [1.29, 1.82) is 0 Å². The summed E-state index contributed by atoms with van der Waals surface area (Å²) in [5, 5.41) is 8.41. The number of nitrogens with zero attached hydrogens (tertiary/aromatic N) is 2. The van der Waals surface area contributed by atoms with Crippen molar-refractivity contribution in [3.05, 3.63) is 35.1 Å². The lowest BCUT2D eigenvalue weighted by Gasteiger charge is -2.07. The molecule has 2 heterocycles. The second-order valence-corrected chi connectivity index (χ2v) is 5.54. The van der Waals surface area contributed by atoms with Gasteiger partial charge in [-0.25, -0.2) is 4.98 Å². The molecule has 2 aromatic rings. The van der Waals surface area contributed by atoms with Gasteiger partial charge in [-0.3, -0.25) is 9.78 Å². The highest BCUT2D eigenvalue weighted by Gasteiger charge is 2.11. The maximum absolute atomic E-state index is 12.1. The molecule has 106 valence electrons. The van der Waals surface area contributed by atoms with E-state index in [9.17, 15) is 4.79 Å². The summed E-state index contributed by atoms with van der Waals surface area (Å²) in [5.74, 6) is 0.159. The monoisotopic (exact) mass is 290 g/mol. The summed E-state index contributed by atoms with van der Waals surface area (Å²) in [6.45, 7) is 6.95. The van der Waals surface area contributed by atoms with Gasteiger partial charge in [-0.15, -0.1) is 11.3 Å². The van der Waals surface area contributed by atoms with Crippen LogP contribution in [0.25, 0.3) is 0 Å². The van der Waals surface area contributed by atoms with Gasteiger partial charge in [0.1, 0.15) is 5.69 Å². The van der Waals surface area contributed by atoms with Crippen LogP contribution in [0, 0.1) is 0 Å². The topological polar surface area (TPSA) is 66.9 Å². The highest BCUT2D eigenvalue weighted by atomic mass is 32.1. The van der Waals surface area contributed by atoms with Crippen LogP contribution in [-0.4, -0.2) is 22.4 Å². The number of anilines is 2. The number of thiazole rings is 1. The standard InChI is InChI=1S/C14H18N4OS/c1-4-16-14-18-12(8-20-14)13(19)17-11-5-10(9(2)3)6-15-7-11/h5-9H,4H2,1-3H3,(H,16,18)(H,17,19). The van der Waals surface area contributed by atoms with Crippen LogP contribution in [0.5, 0.6) is 0 Å². The smallest absolute Gasteiger partial charge is 0.275 e. The third kappa shape index (κ3) is 3.54. The molecule has 0 aliphatic rings. The van der Waals surface area contributed by atoms with Crippen LogP contribution in [0.3, 0.4) is 0 Å². The maximum atomic E-state index is 12.1. The molecular weight excluding hydrogens is 272 g/mol. The Bertz CT molecular complexity index is 594. The number of carbonyl (C=O) groups is 1. The van der Waals surface area contributed by atoms with Crippen LogP contribution >= 0.6 is 11.3 Å². The van der Waals surface area contributed by atoms with Gasteiger partial charge in [-0.1, -0.05) is 13.8 Å². The van der Waals surface area contributed by atoms with Gasteiger partial charge in [0.2, 0.25) is 0 Å². The Kier molecular flexibility index (Phi) is 4.68. The molecule has 0 aliphatic carbocycles. The van der Waals surface area contributed by atoms with Crippen molar-refractivity contribution in [3.63, 3.8) is 0 Å². The fourth-order valence-corrected chi connectivity index (χ4v) is 2.41. The van der Waals surface area contributed by atoms with Gasteiger partial charge < -0.3 is 10.6 Å². The van der Waals surface area contributed by atoms with E-state index in [0.29, 0.717) is 17.3 Å². The van der Waals surface area contributed by atoms with Gasteiger partial charge in [0.15, 0.2) is 5.13 Å². The van der Waals surface area contributed by atoms with Crippen molar-refractivity contribution in [2.75, 3.05) is 17.2 Å². The third-order valence-electron chi connectivity index (χ3n) is 2.75. The molecule has 0 bridgehead atoms. The highest BCUT2D eigenvalue weighted by molar-refractivity contribution is 7.13. The number of amides is 1. The molecule has 0 saturated heterocycles. The van der Waals surface area contributed by atoms with Gasteiger partial charge in [-0.2, -0.15) is 0 Å². The highest BCUT2D eigenvalue weighted by Crippen LogP contribution is 2.19. The van der Waals surface area contributed by atoms with Crippen molar-refractivity contribution < 1.29 is 4.79 Å². The van der Waals surface area contributed by atoms with E-state index < -0.39 is 0 Å². The number of pyridine rings is 1. The predicted octanol–water partition coefficient (Wildman–Crippen LogP) is 3.35. The summed E-state index contributed by atoms with van der Waals surface area (Å²) in [5.41, 5.74) is 2.20. The first-order valence-corrected chi connectivity index (χ1v) is 7.43. The fourth-order valence-electron chi connectivity index (χ4n) is 1.65.